The molecular formula is C13H20N2O3S. The number of nitrogens with one attached hydrogen (secondary N) is 1. The largest absolute Gasteiger partial charge is 0.351 e. The lowest BCUT2D eigenvalue weighted by Gasteiger charge is -2.06. The van der Waals surface area contributed by atoms with E-state index in [0.29, 0.717) is 12.1 Å². The Morgan fingerprint density at radius 1 is 1.26 bits per heavy atom. The van der Waals surface area contributed by atoms with Crippen LogP contribution in [0.2, 0.25) is 0 Å². The van der Waals surface area contributed by atoms with Crippen LogP contribution in [0, 0.1) is 0 Å². The molecule has 0 radical (unpaired) electrons. The minimum absolute atomic E-state index is 0.0273. The summed E-state index contributed by atoms with van der Waals surface area (Å²) in [6.45, 7) is 2.30. The van der Waals surface area contributed by atoms with Gasteiger partial charge < -0.3 is 11.1 Å². The summed E-state index contributed by atoms with van der Waals surface area (Å²) in [5.74, 6) is -0.192. The Bertz CT molecular complexity index is 509. The summed E-state index contributed by atoms with van der Waals surface area (Å²) >= 11 is 0. The van der Waals surface area contributed by atoms with Crippen LogP contribution in [0.4, 0.5) is 0 Å². The second-order valence-corrected chi connectivity index (χ2v) is 6.70. The highest BCUT2D eigenvalue weighted by atomic mass is 32.2. The molecule has 19 heavy (non-hydrogen) atoms. The highest BCUT2D eigenvalue weighted by Gasteiger charge is 2.09. The number of nitrogens with two attached hydrogens (primary N) is 1. The van der Waals surface area contributed by atoms with Crippen LogP contribution < -0.4 is 11.1 Å². The Balaban J connectivity index is 2.50. The van der Waals surface area contributed by atoms with E-state index in [1.54, 1.807) is 19.1 Å². The van der Waals surface area contributed by atoms with Crippen molar-refractivity contribution < 1.29 is 13.2 Å². The minimum Gasteiger partial charge on any atom is -0.351 e. The van der Waals surface area contributed by atoms with Crippen LogP contribution in [0.15, 0.2) is 24.3 Å². The van der Waals surface area contributed by atoms with Gasteiger partial charge in [-0.3, -0.25) is 4.79 Å². The van der Waals surface area contributed by atoms with Crippen molar-refractivity contribution in [3.05, 3.63) is 35.4 Å². The van der Waals surface area contributed by atoms with E-state index in [1.807, 2.05) is 12.1 Å². The van der Waals surface area contributed by atoms with Gasteiger partial charge in [-0.25, -0.2) is 8.42 Å². The summed E-state index contributed by atoms with van der Waals surface area (Å²) in [5, 5.41) is 2.60. The Kier molecular flexibility index (Phi) is 5.98. The molecule has 1 aromatic rings. The highest BCUT2D eigenvalue weighted by molar-refractivity contribution is 7.91. The molecule has 106 valence electrons. The molecule has 0 aliphatic carbocycles. The van der Waals surface area contributed by atoms with Crippen LogP contribution >= 0.6 is 0 Å². The molecule has 0 fully saturated rings. The van der Waals surface area contributed by atoms with Crippen LogP contribution in [0.5, 0.6) is 0 Å². The first-order valence-electron chi connectivity index (χ1n) is 6.26. The standard InChI is InChI=1S/C13H20N2O3S/c1-2-19(17,18)10-9-15-13(16)12-5-3-11(4-6-12)7-8-14/h3-6H,2,7-10,14H2,1H3,(H,15,16). The quantitative estimate of drug-likeness (QED) is 0.756. The van der Waals surface area contributed by atoms with E-state index in [4.69, 9.17) is 5.73 Å². The van der Waals surface area contributed by atoms with Crippen molar-refractivity contribution in [2.24, 2.45) is 5.73 Å². The van der Waals surface area contributed by atoms with Gasteiger partial charge in [-0.2, -0.15) is 0 Å². The lowest BCUT2D eigenvalue weighted by Crippen LogP contribution is -2.29. The van der Waals surface area contributed by atoms with Crippen molar-refractivity contribution in [3.63, 3.8) is 0 Å². The molecule has 1 aromatic carbocycles. The number of benzene rings is 1. The van der Waals surface area contributed by atoms with Crippen molar-refractivity contribution >= 4 is 15.7 Å². The number of hydrogen-bond acceptors (Lipinski definition) is 4. The van der Waals surface area contributed by atoms with E-state index in [-0.39, 0.29) is 24.0 Å². The second kappa shape index (κ2) is 7.25. The predicted molar refractivity (Wildman–Crippen MR) is 75.9 cm³/mol. The minimum atomic E-state index is -3.04. The molecule has 1 amide bonds. The van der Waals surface area contributed by atoms with Gasteiger partial charge in [0.2, 0.25) is 0 Å². The molecule has 1 rings (SSSR count). The zero-order chi connectivity index (χ0) is 14.3. The molecule has 0 aromatic heterocycles. The third kappa shape index (κ3) is 5.40. The molecule has 3 N–H and O–H groups in total. The van der Waals surface area contributed by atoms with E-state index >= 15 is 0 Å². The van der Waals surface area contributed by atoms with E-state index in [9.17, 15) is 13.2 Å². The van der Waals surface area contributed by atoms with E-state index in [1.165, 1.54) is 0 Å². The lowest BCUT2D eigenvalue weighted by molar-refractivity contribution is 0.0956. The number of carbonyl (C=O) groups excluding carboxylic acids is 1. The molecular weight excluding hydrogens is 264 g/mol. The number of carbonyl (C=O) groups is 1. The highest BCUT2D eigenvalue weighted by Crippen LogP contribution is 2.04. The van der Waals surface area contributed by atoms with Crippen LogP contribution in [0.1, 0.15) is 22.8 Å². The maximum absolute atomic E-state index is 11.8. The zero-order valence-corrected chi connectivity index (χ0v) is 11.9. The average Bonchev–Trinajstić information content (AvgIpc) is 2.39. The molecule has 6 heteroatoms. The molecule has 0 saturated heterocycles. The summed E-state index contributed by atoms with van der Waals surface area (Å²) in [6, 6.07) is 7.14. The van der Waals surface area contributed by atoms with Gasteiger partial charge in [0.1, 0.15) is 0 Å². The predicted octanol–water partition coefficient (Wildman–Crippen LogP) is 0.352. The third-order valence-corrected chi connectivity index (χ3v) is 4.49. The smallest absolute Gasteiger partial charge is 0.251 e. The molecule has 0 atom stereocenters. The normalized spacial score (nSPS) is 11.3. The van der Waals surface area contributed by atoms with Crippen molar-refractivity contribution in [1.82, 2.24) is 5.32 Å². The Labute approximate surface area is 114 Å². The topological polar surface area (TPSA) is 89.3 Å². The number of hydrogen-bond donors (Lipinski definition) is 2. The van der Waals surface area contributed by atoms with Gasteiger partial charge in [0.05, 0.1) is 5.75 Å². The number of rotatable bonds is 7. The first-order chi connectivity index (χ1) is 8.98. The summed E-state index contributed by atoms with van der Waals surface area (Å²) in [6.07, 6.45) is 0.774. The van der Waals surface area contributed by atoms with E-state index in [0.717, 1.165) is 12.0 Å². The van der Waals surface area contributed by atoms with Crippen LogP contribution in [0.25, 0.3) is 0 Å². The zero-order valence-electron chi connectivity index (χ0n) is 11.1. The Morgan fingerprint density at radius 2 is 1.89 bits per heavy atom. The molecule has 5 nitrogen and oxygen atoms in total. The number of amides is 1. The SMILES string of the molecule is CCS(=O)(=O)CCNC(=O)c1ccc(CCN)cc1. The van der Waals surface area contributed by atoms with Gasteiger partial charge in [0.25, 0.3) is 5.91 Å². The first-order valence-corrected chi connectivity index (χ1v) is 8.08. The van der Waals surface area contributed by atoms with Crippen molar-refractivity contribution in [2.45, 2.75) is 13.3 Å². The fourth-order valence-electron chi connectivity index (χ4n) is 1.56. The van der Waals surface area contributed by atoms with Crippen LogP contribution in [-0.4, -0.2) is 38.9 Å². The van der Waals surface area contributed by atoms with Crippen LogP contribution in [-0.2, 0) is 16.3 Å². The van der Waals surface area contributed by atoms with Gasteiger partial charge in [0.15, 0.2) is 9.84 Å². The lowest BCUT2D eigenvalue weighted by atomic mass is 10.1. The monoisotopic (exact) mass is 284 g/mol. The van der Waals surface area contributed by atoms with Crippen LogP contribution in [0.3, 0.4) is 0 Å². The van der Waals surface area contributed by atoms with Gasteiger partial charge in [-0.05, 0) is 30.7 Å². The molecule has 0 unspecified atom stereocenters. The Hall–Kier alpha value is -1.40. The van der Waals surface area contributed by atoms with Crippen molar-refractivity contribution in [2.75, 3.05) is 24.6 Å². The van der Waals surface area contributed by atoms with E-state index in [2.05, 4.69) is 5.32 Å². The van der Waals surface area contributed by atoms with Gasteiger partial charge in [-0.1, -0.05) is 19.1 Å². The molecule has 0 bridgehead atoms. The summed E-state index contributed by atoms with van der Waals surface area (Å²) in [7, 11) is -3.04. The maximum Gasteiger partial charge on any atom is 0.251 e. The summed E-state index contributed by atoms with van der Waals surface area (Å²) in [4.78, 5) is 11.8. The van der Waals surface area contributed by atoms with E-state index < -0.39 is 9.84 Å². The van der Waals surface area contributed by atoms with Crippen molar-refractivity contribution in [1.29, 1.82) is 0 Å². The average molecular weight is 284 g/mol. The molecule has 0 heterocycles. The maximum atomic E-state index is 11.8. The summed E-state index contributed by atoms with van der Waals surface area (Å²) < 4.78 is 22.5. The number of sulfone groups is 1. The fourth-order valence-corrected chi connectivity index (χ4v) is 2.26. The molecule has 0 aliphatic heterocycles. The Morgan fingerprint density at radius 3 is 2.42 bits per heavy atom. The summed E-state index contributed by atoms with van der Waals surface area (Å²) in [5.41, 5.74) is 7.04. The van der Waals surface area contributed by atoms with Gasteiger partial charge in [0, 0.05) is 17.9 Å². The molecule has 0 saturated carbocycles. The second-order valence-electron chi connectivity index (χ2n) is 4.23. The molecule has 0 aliphatic rings. The van der Waals surface area contributed by atoms with Gasteiger partial charge >= 0.3 is 0 Å². The van der Waals surface area contributed by atoms with Crippen molar-refractivity contribution in [3.8, 4) is 0 Å². The third-order valence-electron chi connectivity index (χ3n) is 2.79. The first kappa shape index (κ1) is 15.7. The molecule has 0 spiro atoms. The van der Waals surface area contributed by atoms with Gasteiger partial charge in [-0.15, -0.1) is 0 Å². The fraction of sp³-hybridized carbons (Fsp3) is 0.462.